The van der Waals surface area contributed by atoms with Gasteiger partial charge in [0.1, 0.15) is 5.02 Å². The van der Waals surface area contributed by atoms with Crippen LogP contribution in [-0.2, 0) is 0 Å². The zero-order valence-corrected chi connectivity index (χ0v) is 17.2. The summed E-state index contributed by atoms with van der Waals surface area (Å²) in [5.74, 6) is 2.74. The maximum absolute atomic E-state index is 6.94. The van der Waals surface area contributed by atoms with E-state index in [0.29, 0.717) is 5.92 Å². The van der Waals surface area contributed by atoms with Crippen LogP contribution in [0.5, 0.6) is 0 Å². The molecular weight excluding hydrogens is 368 g/mol. The minimum atomic E-state index is 0.525. The molecule has 5 heteroatoms. The van der Waals surface area contributed by atoms with Gasteiger partial charge in [-0.2, -0.15) is 4.63 Å². The summed E-state index contributed by atoms with van der Waals surface area (Å²) in [7, 11) is 0. The highest BCUT2D eigenvalue weighted by Crippen LogP contribution is 2.47. The first-order valence-corrected chi connectivity index (χ1v) is 11.4. The Bertz CT molecular complexity index is 899. The van der Waals surface area contributed by atoms with Gasteiger partial charge in [0.05, 0.1) is 5.69 Å². The number of nitrogens with one attached hydrogen (secondary N) is 1. The van der Waals surface area contributed by atoms with Crippen molar-refractivity contribution < 1.29 is 0 Å². The van der Waals surface area contributed by atoms with Crippen molar-refractivity contribution in [2.24, 2.45) is 11.8 Å². The zero-order valence-electron chi connectivity index (χ0n) is 16.4. The van der Waals surface area contributed by atoms with E-state index in [9.17, 15) is 0 Å². The average Bonchev–Trinajstić information content (AvgIpc) is 3.31. The van der Waals surface area contributed by atoms with Gasteiger partial charge in [-0.3, -0.25) is 5.10 Å². The Morgan fingerprint density at radius 2 is 1.50 bits per heavy atom. The molecule has 2 fully saturated rings. The summed E-state index contributed by atoms with van der Waals surface area (Å²) in [5.41, 5.74) is 2.98. The number of rotatable bonds is 4. The summed E-state index contributed by atoms with van der Waals surface area (Å²) in [6, 6.07) is 10.1. The van der Waals surface area contributed by atoms with Crippen LogP contribution in [-0.4, -0.2) is 19.8 Å². The fourth-order valence-corrected chi connectivity index (χ4v) is 5.88. The predicted molar refractivity (Wildman–Crippen MR) is 114 cm³/mol. The molecule has 0 amide bonds. The highest BCUT2D eigenvalue weighted by atomic mass is 35.5. The lowest BCUT2D eigenvalue weighted by molar-refractivity contribution is 0.199. The van der Waals surface area contributed by atoms with Crippen LogP contribution >= 0.6 is 11.6 Å². The molecule has 2 aliphatic rings. The highest BCUT2D eigenvalue weighted by Gasteiger charge is 2.36. The molecular formula is C23H29ClN4. The van der Waals surface area contributed by atoms with Gasteiger partial charge in [-0.05, 0) is 37.5 Å². The summed E-state index contributed by atoms with van der Waals surface area (Å²) >= 11 is 6.94. The van der Waals surface area contributed by atoms with Crippen LogP contribution in [0.2, 0.25) is 5.02 Å². The smallest absolute Gasteiger partial charge is 0.194 e. The Morgan fingerprint density at radius 1 is 0.893 bits per heavy atom. The lowest BCUT2D eigenvalue weighted by Gasteiger charge is -2.37. The molecule has 2 aliphatic carbocycles. The number of aromatic nitrogens is 4. The van der Waals surface area contributed by atoms with Crippen LogP contribution in [0.4, 0.5) is 0 Å². The summed E-state index contributed by atoms with van der Waals surface area (Å²) < 4.78 is 1.80. The fourth-order valence-electron chi connectivity index (χ4n) is 5.59. The van der Waals surface area contributed by atoms with Gasteiger partial charge in [-0.25, -0.2) is 4.98 Å². The first-order valence-electron chi connectivity index (χ1n) is 11.0. The van der Waals surface area contributed by atoms with Crippen molar-refractivity contribution in [3.63, 3.8) is 0 Å². The molecule has 0 bridgehead atoms. The van der Waals surface area contributed by atoms with E-state index in [4.69, 9.17) is 21.7 Å². The second-order valence-corrected chi connectivity index (χ2v) is 9.08. The normalized spacial score (nSPS) is 19.6. The third kappa shape index (κ3) is 3.36. The number of aromatic amines is 1. The molecule has 2 saturated carbocycles. The summed E-state index contributed by atoms with van der Waals surface area (Å²) in [6.45, 7) is 0. The van der Waals surface area contributed by atoms with Gasteiger partial charge >= 0.3 is 0 Å². The predicted octanol–water partition coefficient (Wildman–Crippen LogP) is 6.62. The molecule has 0 spiro atoms. The third-order valence-electron chi connectivity index (χ3n) is 6.95. The van der Waals surface area contributed by atoms with Gasteiger partial charge in [0.25, 0.3) is 0 Å². The molecule has 28 heavy (non-hydrogen) atoms. The molecule has 2 heterocycles. The Morgan fingerprint density at radius 3 is 2.07 bits per heavy atom. The number of nitrogens with zero attached hydrogens (tertiary/aromatic N) is 3. The van der Waals surface area contributed by atoms with Crippen molar-refractivity contribution in [3.05, 3.63) is 41.0 Å². The molecule has 0 unspecified atom stereocenters. The number of benzene rings is 1. The summed E-state index contributed by atoms with van der Waals surface area (Å²) in [4.78, 5) is 4.76. The second kappa shape index (κ2) is 7.90. The molecule has 1 N–H and O–H groups in total. The molecule has 148 valence electrons. The number of hydrogen-bond donors (Lipinski definition) is 1. The average molecular weight is 397 g/mol. The van der Waals surface area contributed by atoms with Crippen molar-refractivity contribution in [2.75, 3.05) is 0 Å². The molecule has 0 saturated heterocycles. The first kappa shape index (κ1) is 18.2. The van der Waals surface area contributed by atoms with E-state index < -0.39 is 0 Å². The minimum absolute atomic E-state index is 0.525. The topological polar surface area (TPSA) is 46.0 Å². The molecule has 0 radical (unpaired) electrons. The van der Waals surface area contributed by atoms with Crippen molar-refractivity contribution in [1.82, 2.24) is 19.8 Å². The van der Waals surface area contributed by atoms with Crippen LogP contribution in [0.25, 0.3) is 17.0 Å². The van der Waals surface area contributed by atoms with Crippen LogP contribution in [0.3, 0.4) is 0 Å². The monoisotopic (exact) mass is 396 g/mol. The Hall–Kier alpha value is -1.81. The van der Waals surface area contributed by atoms with Gasteiger partial charge in [-0.1, -0.05) is 80.5 Å². The van der Waals surface area contributed by atoms with Gasteiger partial charge in [0.15, 0.2) is 11.5 Å². The number of hydrogen-bond acceptors (Lipinski definition) is 2. The van der Waals surface area contributed by atoms with Crippen molar-refractivity contribution in [1.29, 1.82) is 0 Å². The molecule has 5 rings (SSSR count). The van der Waals surface area contributed by atoms with Gasteiger partial charge < -0.3 is 0 Å². The SMILES string of the molecule is Clc1c(C(C2CCCCC2)C2CCCCC2)[nH]n2nc(-c3ccccc3)nc12. The van der Waals surface area contributed by atoms with E-state index in [2.05, 4.69) is 5.10 Å². The summed E-state index contributed by atoms with van der Waals surface area (Å²) in [5, 5.41) is 9.05. The molecule has 2 aromatic heterocycles. The molecule has 0 atom stereocenters. The quantitative estimate of drug-likeness (QED) is 0.538. The van der Waals surface area contributed by atoms with Gasteiger partial charge in [0, 0.05) is 11.5 Å². The number of fused-ring (bicyclic) bond motifs is 1. The van der Waals surface area contributed by atoms with Crippen LogP contribution in [0, 0.1) is 11.8 Å². The van der Waals surface area contributed by atoms with Gasteiger partial charge in [-0.15, -0.1) is 5.10 Å². The van der Waals surface area contributed by atoms with Crippen molar-refractivity contribution in [3.8, 4) is 11.4 Å². The van der Waals surface area contributed by atoms with Crippen LogP contribution < -0.4 is 0 Å². The molecule has 4 nitrogen and oxygen atoms in total. The van der Waals surface area contributed by atoms with Crippen molar-refractivity contribution in [2.45, 2.75) is 70.1 Å². The van der Waals surface area contributed by atoms with E-state index in [-0.39, 0.29) is 0 Å². The standard InChI is InChI=1S/C23H29ClN4/c24-20-21(19(16-10-4-1-5-11-16)17-12-6-2-7-13-17)26-28-23(20)25-22(27-28)18-14-8-3-9-15-18/h3,8-9,14-17,19,26H,1-2,4-7,10-13H2. The van der Waals surface area contributed by atoms with E-state index >= 15 is 0 Å². The lowest BCUT2D eigenvalue weighted by Crippen LogP contribution is -2.26. The van der Waals surface area contributed by atoms with Crippen LogP contribution in [0.15, 0.2) is 30.3 Å². The van der Waals surface area contributed by atoms with Gasteiger partial charge in [0.2, 0.25) is 0 Å². The highest BCUT2D eigenvalue weighted by molar-refractivity contribution is 6.34. The van der Waals surface area contributed by atoms with E-state index in [0.717, 1.165) is 33.9 Å². The van der Waals surface area contributed by atoms with E-state index in [1.54, 1.807) is 4.63 Å². The largest absolute Gasteiger partial charge is 0.278 e. The molecule has 3 aromatic rings. The maximum Gasteiger partial charge on any atom is 0.194 e. The zero-order chi connectivity index (χ0) is 18.9. The van der Waals surface area contributed by atoms with Crippen LogP contribution in [0.1, 0.15) is 75.8 Å². The van der Waals surface area contributed by atoms with E-state index in [1.807, 2.05) is 30.3 Å². The maximum atomic E-state index is 6.94. The number of H-pyrrole nitrogens is 1. The Balaban J connectivity index is 1.52. The van der Waals surface area contributed by atoms with Crippen molar-refractivity contribution >= 4 is 17.2 Å². The van der Waals surface area contributed by atoms with E-state index in [1.165, 1.54) is 69.9 Å². The minimum Gasteiger partial charge on any atom is -0.278 e. The third-order valence-corrected chi connectivity index (χ3v) is 7.32. The Labute approximate surface area is 171 Å². The Kier molecular flexibility index (Phi) is 5.15. The lowest BCUT2D eigenvalue weighted by atomic mass is 9.68. The molecule has 1 aromatic carbocycles. The summed E-state index contributed by atoms with van der Waals surface area (Å²) in [6.07, 6.45) is 13.6. The fraction of sp³-hybridized carbons (Fsp3) is 0.565. The number of halogens is 1. The molecule has 0 aliphatic heterocycles. The first-order chi connectivity index (χ1) is 13.8. The second-order valence-electron chi connectivity index (χ2n) is 8.70.